The predicted octanol–water partition coefficient (Wildman–Crippen LogP) is 6.02. The summed E-state index contributed by atoms with van der Waals surface area (Å²) in [5.41, 5.74) is 6.23. The van der Waals surface area contributed by atoms with Crippen LogP contribution in [0.1, 0.15) is 87.4 Å². The van der Waals surface area contributed by atoms with Crippen molar-refractivity contribution >= 4 is 23.9 Å². The SMILES string of the molecule is CCC(C)(CC)COC(CC)(CC)CCNC(=O)c1ccc(OC(=O)c2ccc(NC)cc2)cc1.N=CN. The van der Waals surface area contributed by atoms with Crippen molar-refractivity contribution in [2.24, 2.45) is 11.1 Å². The van der Waals surface area contributed by atoms with Gasteiger partial charge in [0, 0.05) is 24.8 Å². The Balaban J connectivity index is 0.00000229. The number of hydrogen-bond donors (Lipinski definition) is 4. The van der Waals surface area contributed by atoms with Gasteiger partial charge in [-0.3, -0.25) is 10.2 Å². The number of amides is 1. The fraction of sp³-hybridized carbons (Fsp3) is 0.500. The molecule has 5 N–H and O–H groups in total. The second-order valence-corrected chi connectivity index (χ2v) is 9.61. The van der Waals surface area contributed by atoms with Crippen LogP contribution in [0.4, 0.5) is 5.69 Å². The van der Waals surface area contributed by atoms with Crippen molar-refractivity contribution in [1.82, 2.24) is 5.32 Å². The molecule has 0 bridgehead atoms. The molecule has 1 amide bonds. The number of nitrogens with one attached hydrogen (secondary N) is 3. The molecule has 0 spiro atoms. The molecule has 2 rings (SSSR count). The van der Waals surface area contributed by atoms with Crippen molar-refractivity contribution < 1.29 is 19.1 Å². The first-order chi connectivity index (χ1) is 18.1. The van der Waals surface area contributed by atoms with E-state index in [1.165, 1.54) is 0 Å². The smallest absolute Gasteiger partial charge is 0.343 e. The summed E-state index contributed by atoms with van der Waals surface area (Å²) >= 11 is 0. The summed E-state index contributed by atoms with van der Waals surface area (Å²) < 4.78 is 11.9. The summed E-state index contributed by atoms with van der Waals surface area (Å²) in [6.07, 6.45) is 5.48. The van der Waals surface area contributed by atoms with E-state index in [4.69, 9.17) is 14.9 Å². The molecular weight excluding hydrogens is 480 g/mol. The Bertz CT molecular complexity index is 982. The average Bonchev–Trinajstić information content (AvgIpc) is 2.95. The first kappa shape index (κ1) is 32.6. The van der Waals surface area contributed by atoms with E-state index in [9.17, 15) is 9.59 Å². The van der Waals surface area contributed by atoms with Gasteiger partial charge in [-0.25, -0.2) is 4.79 Å². The summed E-state index contributed by atoms with van der Waals surface area (Å²) in [7, 11) is 1.82. The fourth-order valence-electron chi connectivity index (χ4n) is 3.78. The lowest BCUT2D eigenvalue weighted by Gasteiger charge is -2.37. The highest BCUT2D eigenvalue weighted by molar-refractivity contribution is 5.94. The number of rotatable bonds is 14. The molecule has 0 aromatic heterocycles. The van der Waals surface area contributed by atoms with Gasteiger partial charge in [-0.2, -0.15) is 0 Å². The molecule has 0 radical (unpaired) electrons. The van der Waals surface area contributed by atoms with Gasteiger partial charge in [0.05, 0.1) is 24.1 Å². The van der Waals surface area contributed by atoms with E-state index < -0.39 is 5.97 Å². The fourth-order valence-corrected chi connectivity index (χ4v) is 3.78. The normalized spacial score (nSPS) is 11.1. The Kier molecular flexibility index (Phi) is 14.1. The molecule has 8 nitrogen and oxygen atoms in total. The van der Waals surface area contributed by atoms with Crippen LogP contribution in [0.25, 0.3) is 0 Å². The van der Waals surface area contributed by atoms with Gasteiger partial charge in [0.2, 0.25) is 0 Å². The Hall–Kier alpha value is -3.39. The number of carbonyl (C=O) groups excluding carboxylic acids is 2. The standard InChI is InChI=1S/C29H42N2O4.CH4N2/c1-7-28(5,8-2)21-34-29(9-3,10-4)19-20-31-26(32)22-13-17-25(18-14-22)35-27(33)23-11-15-24(30-6)16-12-23;2-1-3/h11-18,30H,7-10,19-21H2,1-6H3,(H,31,32);1H,(H3,2,3). The van der Waals surface area contributed by atoms with E-state index in [1.54, 1.807) is 36.4 Å². The van der Waals surface area contributed by atoms with E-state index in [-0.39, 0.29) is 16.9 Å². The molecule has 38 heavy (non-hydrogen) atoms. The van der Waals surface area contributed by atoms with Gasteiger partial charge >= 0.3 is 5.97 Å². The Morgan fingerprint density at radius 2 is 1.45 bits per heavy atom. The molecule has 8 heteroatoms. The molecule has 0 atom stereocenters. The van der Waals surface area contributed by atoms with Gasteiger partial charge in [0.1, 0.15) is 5.75 Å². The summed E-state index contributed by atoms with van der Waals surface area (Å²) in [6.45, 7) is 12.3. The number of anilines is 1. The quantitative estimate of drug-likeness (QED) is 0.103. The van der Waals surface area contributed by atoms with Crippen molar-refractivity contribution in [2.45, 2.75) is 72.3 Å². The third-order valence-electron chi connectivity index (χ3n) is 7.33. The molecule has 0 saturated heterocycles. The minimum Gasteiger partial charge on any atom is -0.423 e. The van der Waals surface area contributed by atoms with Crippen molar-refractivity contribution in [2.75, 3.05) is 25.5 Å². The van der Waals surface area contributed by atoms with E-state index >= 15 is 0 Å². The van der Waals surface area contributed by atoms with Crippen LogP contribution < -0.4 is 21.1 Å². The van der Waals surface area contributed by atoms with Gasteiger partial charge < -0.3 is 25.8 Å². The Morgan fingerprint density at radius 1 is 0.921 bits per heavy atom. The highest BCUT2D eigenvalue weighted by Crippen LogP contribution is 2.32. The third kappa shape index (κ3) is 10.2. The monoisotopic (exact) mass is 526 g/mol. The lowest BCUT2D eigenvalue weighted by Crippen LogP contribution is -2.39. The largest absolute Gasteiger partial charge is 0.423 e. The average molecular weight is 527 g/mol. The van der Waals surface area contributed by atoms with Crippen molar-refractivity contribution in [3.05, 3.63) is 59.7 Å². The highest BCUT2D eigenvalue weighted by atomic mass is 16.5. The van der Waals surface area contributed by atoms with Crippen LogP contribution in [0.5, 0.6) is 5.75 Å². The van der Waals surface area contributed by atoms with Crippen LogP contribution in [0.2, 0.25) is 0 Å². The molecule has 210 valence electrons. The second-order valence-electron chi connectivity index (χ2n) is 9.61. The van der Waals surface area contributed by atoms with Gasteiger partial charge in [-0.1, -0.05) is 34.6 Å². The minimum absolute atomic E-state index is 0.154. The van der Waals surface area contributed by atoms with Crippen molar-refractivity contribution in [3.8, 4) is 5.75 Å². The van der Waals surface area contributed by atoms with Crippen LogP contribution in [0.15, 0.2) is 48.5 Å². The summed E-state index contributed by atoms with van der Waals surface area (Å²) in [5, 5.41) is 11.9. The first-order valence-electron chi connectivity index (χ1n) is 13.4. The minimum atomic E-state index is -0.442. The van der Waals surface area contributed by atoms with E-state index in [0.29, 0.717) is 23.4 Å². The summed E-state index contributed by atoms with van der Waals surface area (Å²) in [6, 6.07) is 13.6. The molecule has 0 saturated carbocycles. The molecule has 2 aromatic carbocycles. The van der Waals surface area contributed by atoms with Gasteiger partial charge in [-0.15, -0.1) is 0 Å². The van der Waals surface area contributed by atoms with Crippen molar-refractivity contribution in [3.63, 3.8) is 0 Å². The van der Waals surface area contributed by atoms with E-state index in [0.717, 1.165) is 50.7 Å². The number of nitrogens with two attached hydrogens (primary N) is 1. The van der Waals surface area contributed by atoms with Gasteiger partial charge in [-0.05, 0) is 86.1 Å². The number of carbonyl (C=O) groups is 2. The molecule has 0 aliphatic heterocycles. The third-order valence-corrected chi connectivity index (χ3v) is 7.33. The predicted molar refractivity (Wildman–Crippen MR) is 155 cm³/mol. The van der Waals surface area contributed by atoms with E-state index in [1.807, 2.05) is 19.2 Å². The van der Waals surface area contributed by atoms with Crippen LogP contribution in [0, 0.1) is 10.8 Å². The number of benzene rings is 2. The van der Waals surface area contributed by atoms with Gasteiger partial charge in [0.25, 0.3) is 5.91 Å². The molecule has 0 aliphatic rings. The van der Waals surface area contributed by atoms with Crippen molar-refractivity contribution in [1.29, 1.82) is 5.41 Å². The second kappa shape index (κ2) is 16.5. The molecule has 0 fully saturated rings. The zero-order valence-electron chi connectivity index (χ0n) is 23.9. The Labute approximate surface area is 228 Å². The number of ether oxygens (including phenoxy) is 2. The maximum absolute atomic E-state index is 12.7. The summed E-state index contributed by atoms with van der Waals surface area (Å²) in [4.78, 5) is 25.0. The number of hydrogen-bond acceptors (Lipinski definition) is 6. The molecule has 2 aromatic rings. The molecule has 0 heterocycles. The molecule has 0 unspecified atom stereocenters. The maximum Gasteiger partial charge on any atom is 0.343 e. The van der Waals surface area contributed by atoms with Crippen LogP contribution in [-0.2, 0) is 4.74 Å². The Morgan fingerprint density at radius 3 is 1.92 bits per heavy atom. The highest BCUT2D eigenvalue weighted by Gasteiger charge is 2.30. The van der Waals surface area contributed by atoms with Crippen LogP contribution >= 0.6 is 0 Å². The summed E-state index contributed by atoms with van der Waals surface area (Å²) in [5.74, 6) is -0.204. The van der Waals surface area contributed by atoms with Crippen LogP contribution in [0.3, 0.4) is 0 Å². The maximum atomic E-state index is 12.7. The van der Waals surface area contributed by atoms with Crippen LogP contribution in [-0.4, -0.2) is 44.0 Å². The zero-order valence-corrected chi connectivity index (χ0v) is 23.9. The first-order valence-corrected chi connectivity index (χ1v) is 13.4. The lowest BCUT2D eigenvalue weighted by molar-refractivity contribution is -0.0913. The molecule has 0 aliphatic carbocycles. The van der Waals surface area contributed by atoms with Gasteiger partial charge in [0.15, 0.2) is 0 Å². The topological polar surface area (TPSA) is 127 Å². The zero-order chi connectivity index (χ0) is 28.6. The van der Waals surface area contributed by atoms with E-state index in [2.05, 4.69) is 51.0 Å². The molecular formula is C30H46N4O4. The number of esters is 1. The lowest BCUT2D eigenvalue weighted by atomic mass is 9.85.